The number of nitrogens with zero attached hydrogens (tertiary/aromatic N) is 2. The highest BCUT2D eigenvalue weighted by Gasteiger charge is 2.46. The third kappa shape index (κ3) is 9.34. The lowest BCUT2D eigenvalue weighted by Crippen LogP contribution is -2.46. The van der Waals surface area contributed by atoms with Gasteiger partial charge in [-0.15, -0.1) is 0 Å². The zero-order valence-corrected chi connectivity index (χ0v) is 24.8. The minimum absolute atomic E-state index is 0.230. The predicted molar refractivity (Wildman–Crippen MR) is 153 cm³/mol. The second kappa shape index (κ2) is 13.2. The fourth-order valence-corrected chi connectivity index (χ4v) is 5.13. The van der Waals surface area contributed by atoms with Gasteiger partial charge in [-0.1, -0.05) is 24.3 Å². The van der Waals surface area contributed by atoms with E-state index in [1.54, 1.807) is 37.8 Å². The fourth-order valence-electron chi connectivity index (χ4n) is 5.13. The van der Waals surface area contributed by atoms with Gasteiger partial charge in [0.25, 0.3) is 5.91 Å². The molecule has 1 spiro atoms. The van der Waals surface area contributed by atoms with Gasteiger partial charge in [0.1, 0.15) is 11.2 Å². The highest BCUT2D eigenvalue weighted by atomic mass is 19.4. The Bertz CT molecular complexity index is 1270. The molecular weight excluding hydrogens is 565 g/mol. The second-order valence-corrected chi connectivity index (χ2v) is 12.1. The number of nitrogens with one attached hydrogen (secondary N) is 2. The molecule has 0 radical (unpaired) electrons. The molecule has 3 amide bonds. The summed E-state index contributed by atoms with van der Waals surface area (Å²) in [6.45, 7) is 8.81. The maximum atomic E-state index is 12.8. The fraction of sp³-hybridized carbons (Fsp3) is 0.516. The molecule has 0 bridgehead atoms. The number of alkyl carbamates (subject to hydrolysis) is 1. The van der Waals surface area contributed by atoms with Crippen LogP contribution in [0.2, 0.25) is 0 Å². The molecule has 234 valence electrons. The van der Waals surface area contributed by atoms with Crippen LogP contribution in [0, 0.1) is 0 Å². The zero-order valence-electron chi connectivity index (χ0n) is 24.8. The van der Waals surface area contributed by atoms with Crippen molar-refractivity contribution in [2.75, 3.05) is 32.7 Å². The number of ether oxygens (including phenoxy) is 2. The number of carbonyl (C=O) groups is 3. The molecule has 2 aromatic rings. The van der Waals surface area contributed by atoms with Gasteiger partial charge in [-0.05, 0) is 62.6 Å². The summed E-state index contributed by atoms with van der Waals surface area (Å²) < 4.78 is 49.5. The van der Waals surface area contributed by atoms with E-state index in [0.29, 0.717) is 70.6 Å². The molecule has 2 aromatic carbocycles. The van der Waals surface area contributed by atoms with E-state index in [-0.39, 0.29) is 12.0 Å². The van der Waals surface area contributed by atoms with Crippen LogP contribution >= 0.6 is 0 Å². The monoisotopic (exact) mass is 604 g/mol. The molecule has 9 nitrogen and oxygen atoms in total. The number of likely N-dealkylation sites (tertiary alicyclic amines) is 1. The number of rotatable bonds is 9. The number of benzene rings is 2. The first-order chi connectivity index (χ1) is 20.2. The quantitative estimate of drug-likeness (QED) is 0.375. The topological polar surface area (TPSA) is 100 Å². The SMILES string of the molecule is CC(C)(C)OC(=O)NCCCNC(=O)c1ccc(CN2CC3(CCN(Cc4ccc(C(F)(F)F)cc4)CC3)OC2=O)cc1. The Morgan fingerprint density at radius 2 is 1.49 bits per heavy atom. The van der Waals surface area contributed by atoms with Crippen molar-refractivity contribution in [2.45, 2.75) is 70.5 Å². The number of hydrogen-bond acceptors (Lipinski definition) is 6. The van der Waals surface area contributed by atoms with Crippen LogP contribution in [0.1, 0.15) is 67.1 Å². The molecule has 2 N–H and O–H groups in total. The van der Waals surface area contributed by atoms with Crippen LogP contribution in [-0.2, 0) is 28.7 Å². The summed E-state index contributed by atoms with van der Waals surface area (Å²) in [5, 5.41) is 5.47. The van der Waals surface area contributed by atoms with Gasteiger partial charge in [0.05, 0.1) is 12.1 Å². The molecule has 4 rings (SSSR count). The average Bonchev–Trinajstić information content (AvgIpc) is 3.23. The Kier molecular flexibility index (Phi) is 9.89. The summed E-state index contributed by atoms with van der Waals surface area (Å²) in [6.07, 6.45) is -3.39. The lowest BCUT2D eigenvalue weighted by atomic mass is 9.91. The van der Waals surface area contributed by atoms with Gasteiger partial charge >= 0.3 is 18.4 Å². The molecule has 2 saturated heterocycles. The Labute approximate surface area is 249 Å². The highest BCUT2D eigenvalue weighted by molar-refractivity contribution is 5.94. The zero-order chi connectivity index (χ0) is 31.3. The van der Waals surface area contributed by atoms with Crippen LogP contribution in [0.4, 0.5) is 22.8 Å². The number of halogens is 3. The molecule has 0 aromatic heterocycles. The number of carbonyl (C=O) groups excluding carboxylic acids is 3. The van der Waals surface area contributed by atoms with Crippen molar-refractivity contribution in [1.29, 1.82) is 0 Å². The van der Waals surface area contributed by atoms with Crippen molar-refractivity contribution in [3.05, 3.63) is 70.8 Å². The standard InChI is InChI=1S/C31H39F3N4O5/c1-29(2,3)42-27(40)36-16-4-15-35-26(39)24-9-5-23(6-10-24)20-38-21-30(43-28(38)41)13-17-37(18-14-30)19-22-7-11-25(12-8-22)31(32,33)34/h5-12H,4,13-21H2,1-3H3,(H,35,39)(H,36,40). The molecule has 2 aliphatic heterocycles. The maximum absolute atomic E-state index is 12.8. The van der Waals surface area contributed by atoms with Crippen LogP contribution < -0.4 is 10.6 Å². The lowest BCUT2D eigenvalue weighted by Gasteiger charge is -2.37. The van der Waals surface area contributed by atoms with Crippen molar-refractivity contribution in [1.82, 2.24) is 20.4 Å². The molecular formula is C31H39F3N4O5. The summed E-state index contributed by atoms with van der Waals surface area (Å²) in [5.74, 6) is -0.230. The van der Waals surface area contributed by atoms with Gasteiger partial charge < -0.3 is 20.1 Å². The van der Waals surface area contributed by atoms with Gasteiger partial charge in [0.15, 0.2) is 0 Å². The van der Waals surface area contributed by atoms with E-state index < -0.39 is 29.0 Å². The smallest absolute Gasteiger partial charge is 0.416 e. The number of alkyl halides is 3. The van der Waals surface area contributed by atoms with Crippen LogP contribution in [0.25, 0.3) is 0 Å². The van der Waals surface area contributed by atoms with E-state index in [4.69, 9.17) is 9.47 Å². The first-order valence-electron chi connectivity index (χ1n) is 14.4. The van der Waals surface area contributed by atoms with E-state index in [0.717, 1.165) is 23.3 Å². The Morgan fingerprint density at radius 3 is 2.09 bits per heavy atom. The lowest BCUT2D eigenvalue weighted by molar-refractivity contribution is -0.137. The third-order valence-corrected chi connectivity index (χ3v) is 7.39. The molecule has 2 aliphatic rings. The summed E-state index contributed by atoms with van der Waals surface area (Å²) in [4.78, 5) is 40.7. The van der Waals surface area contributed by atoms with Gasteiger partial charge in [0.2, 0.25) is 0 Å². The molecule has 43 heavy (non-hydrogen) atoms. The van der Waals surface area contributed by atoms with Gasteiger partial charge in [-0.3, -0.25) is 14.6 Å². The molecule has 2 heterocycles. The van der Waals surface area contributed by atoms with E-state index in [1.165, 1.54) is 12.1 Å². The average molecular weight is 605 g/mol. The van der Waals surface area contributed by atoms with Crippen molar-refractivity contribution < 1.29 is 37.0 Å². The molecule has 0 unspecified atom stereocenters. The second-order valence-electron chi connectivity index (χ2n) is 12.1. The Balaban J connectivity index is 1.18. The minimum atomic E-state index is -4.35. The number of hydrogen-bond donors (Lipinski definition) is 2. The molecule has 12 heteroatoms. The van der Waals surface area contributed by atoms with E-state index >= 15 is 0 Å². The van der Waals surface area contributed by atoms with Gasteiger partial charge in [-0.2, -0.15) is 13.2 Å². The summed E-state index contributed by atoms with van der Waals surface area (Å²) in [7, 11) is 0. The number of amides is 3. The highest BCUT2D eigenvalue weighted by Crippen LogP contribution is 2.35. The minimum Gasteiger partial charge on any atom is -0.444 e. The van der Waals surface area contributed by atoms with E-state index in [2.05, 4.69) is 15.5 Å². The Hall–Kier alpha value is -3.80. The van der Waals surface area contributed by atoms with Crippen molar-refractivity contribution in [3.63, 3.8) is 0 Å². The van der Waals surface area contributed by atoms with E-state index in [1.807, 2.05) is 12.1 Å². The van der Waals surface area contributed by atoms with E-state index in [9.17, 15) is 27.6 Å². The van der Waals surface area contributed by atoms with Crippen molar-refractivity contribution in [2.24, 2.45) is 0 Å². The first kappa shape index (κ1) is 32.1. The van der Waals surface area contributed by atoms with Crippen LogP contribution in [-0.4, -0.2) is 71.8 Å². The molecule has 2 fully saturated rings. The molecule has 0 saturated carbocycles. The normalized spacial score (nSPS) is 17.1. The van der Waals surface area contributed by atoms with Crippen molar-refractivity contribution in [3.8, 4) is 0 Å². The molecule has 0 atom stereocenters. The Morgan fingerprint density at radius 1 is 0.907 bits per heavy atom. The maximum Gasteiger partial charge on any atom is 0.416 e. The van der Waals surface area contributed by atoms with Crippen LogP contribution in [0.3, 0.4) is 0 Å². The van der Waals surface area contributed by atoms with Gasteiger partial charge in [0, 0.05) is 57.7 Å². The summed E-state index contributed by atoms with van der Waals surface area (Å²) in [5.41, 5.74) is 0.359. The van der Waals surface area contributed by atoms with Crippen LogP contribution in [0.15, 0.2) is 48.5 Å². The molecule has 0 aliphatic carbocycles. The number of piperidine rings is 1. The summed E-state index contributed by atoms with van der Waals surface area (Å²) >= 11 is 0. The van der Waals surface area contributed by atoms with Gasteiger partial charge in [-0.25, -0.2) is 9.59 Å². The van der Waals surface area contributed by atoms with Crippen LogP contribution in [0.5, 0.6) is 0 Å². The summed E-state index contributed by atoms with van der Waals surface area (Å²) in [6, 6.07) is 12.3. The van der Waals surface area contributed by atoms with Crippen molar-refractivity contribution >= 4 is 18.1 Å². The third-order valence-electron chi connectivity index (χ3n) is 7.39. The first-order valence-corrected chi connectivity index (χ1v) is 14.4. The largest absolute Gasteiger partial charge is 0.444 e. The predicted octanol–water partition coefficient (Wildman–Crippen LogP) is 5.34.